The molecule has 0 aromatic heterocycles. The fraction of sp³-hybridized carbons (Fsp3) is 0.294. The molecule has 4 heteroatoms. The van der Waals surface area contributed by atoms with Crippen molar-refractivity contribution in [2.75, 3.05) is 13.7 Å². The minimum absolute atomic E-state index is 0.168. The molecule has 0 saturated heterocycles. The summed E-state index contributed by atoms with van der Waals surface area (Å²) in [4.78, 5) is 0. The van der Waals surface area contributed by atoms with Crippen LogP contribution in [-0.2, 0) is 6.54 Å². The van der Waals surface area contributed by atoms with E-state index < -0.39 is 6.10 Å². The number of hydrogen-bond acceptors (Lipinski definition) is 4. The molecular formula is C17H21NO3. The SMILES string of the molecule is COc1cc(C)ccc1OCC(O)c1ccc(CN)cc1. The van der Waals surface area contributed by atoms with Crippen molar-refractivity contribution in [3.8, 4) is 11.5 Å². The molecule has 4 nitrogen and oxygen atoms in total. The number of ether oxygens (including phenoxy) is 2. The van der Waals surface area contributed by atoms with Gasteiger partial charge in [-0.2, -0.15) is 0 Å². The summed E-state index contributed by atoms with van der Waals surface area (Å²) in [5.74, 6) is 1.29. The molecule has 1 atom stereocenters. The molecule has 0 saturated carbocycles. The van der Waals surface area contributed by atoms with Crippen LogP contribution in [0.5, 0.6) is 11.5 Å². The fourth-order valence-electron chi connectivity index (χ4n) is 2.03. The molecule has 2 rings (SSSR count). The molecule has 3 N–H and O–H groups in total. The van der Waals surface area contributed by atoms with Crippen molar-refractivity contribution in [1.29, 1.82) is 0 Å². The maximum Gasteiger partial charge on any atom is 0.161 e. The second-order valence-corrected chi connectivity index (χ2v) is 4.93. The van der Waals surface area contributed by atoms with Crippen molar-refractivity contribution in [2.24, 2.45) is 5.73 Å². The lowest BCUT2D eigenvalue weighted by Gasteiger charge is -2.15. The Labute approximate surface area is 125 Å². The van der Waals surface area contributed by atoms with Gasteiger partial charge in [-0.3, -0.25) is 0 Å². The van der Waals surface area contributed by atoms with E-state index in [1.807, 2.05) is 49.4 Å². The van der Waals surface area contributed by atoms with Crippen LogP contribution in [0.25, 0.3) is 0 Å². The lowest BCUT2D eigenvalue weighted by atomic mass is 10.1. The van der Waals surface area contributed by atoms with Crippen LogP contribution in [0.1, 0.15) is 22.8 Å². The van der Waals surface area contributed by atoms with Gasteiger partial charge in [0.1, 0.15) is 12.7 Å². The third-order valence-electron chi connectivity index (χ3n) is 3.32. The number of hydrogen-bond donors (Lipinski definition) is 2. The first-order chi connectivity index (χ1) is 10.1. The predicted octanol–water partition coefficient (Wildman–Crippen LogP) is 2.57. The van der Waals surface area contributed by atoms with E-state index in [0.29, 0.717) is 18.0 Å². The van der Waals surface area contributed by atoms with Crippen LogP contribution in [0.4, 0.5) is 0 Å². The summed E-state index contributed by atoms with van der Waals surface area (Å²) in [7, 11) is 1.60. The van der Waals surface area contributed by atoms with Crippen LogP contribution >= 0.6 is 0 Å². The molecule has 0 aliphatic heterocycles. The lowest BCUT2D eigenvalue weighted by molar-refractivity contribution is 0.106. The molecule has 0 bridgehead atoms. The Morgan fingerprint density at radius 2 is 1.81 bits per heavy atom. The lowest BCUT2D eigenvalue weighted by Crippen LogP contribution is -2.10. The zero-order chi connectivity index (χ0) is 15.2. The number of aryl methyl sites for hydroxylation is 1. The Morgan fingerprint density at radius 1 is 1.10 bits per heavy atom. The quantitative estimate of drug-likeness (QED) is 0.857. The van der Waals surface area contributed by atoms with E-state index in [0.717, 1.165) is 16.7 Å². The summed E-state index contributed by atoms with van der Waals surface area (Å²) in [5, 5.41) is 10.2. The summed E-state index contributed by atoms with van der Waals surface area (Å²) in [6, 6.07) is 13.2. The fourth-order valence-corrected chi connectivity index (χ4v) is 2.03. The summed E-state index contributed by atoms with van der Waals surface area (Å²) < 4.78 is 10.9. The predicted molar refractivity (Wildman–Crippen MR) is 82.5 cm³/mol. The minimum atomic E-state index is -0.692. The average molecular weight is 287 g/mol. The second-order valence-electron chi connectivity index (χ2n) is 4.93. The van der Waals surface area contributed by atoms with Gasteiger partial charge < -0.3 is 20.3 Å². The van der Waals surface area contributed by atoms with E-state index >= 15 is 0 Å². The minimum Gasteiger partial charge on any atom is -0.493 e. The molecule has 0 amide bonds. The monoisotopic (exact) mass is 287 g/mol. The molecular weight excluding hydrogens is 266 g/mol. The van der Waals surface area contributed by atoms with Gasteiger partial charge in [0, 0.05) is 6.54 Å². The van der Waals surface area contributed by atoms with E-state index in [1.54, 1.807) is 7.11 Å². The first kappa shape index (κ1) is 15.4. The Morgan fingerprint density at radius 3 is 2.43 bits per heavy atom. The summed E-state index contributed by atoms with van der Waals surface area (Å²) in [6.07, 6.45) is -0.692. The molecule has 1 unspecified atom stereocenters. The van der Waals surface area contributed by atoms with Crippen LogP contribution in [0.2, 0.25) is 0 Å². The van der Waals surface area contributed by atoms with Crippen LogP contribution in [0.3, 0.4) is 0 Å². The Hall–Kier alpha value is -2.04. The van der Waals surface area contributed by atoms with E-state index in [-0.39, 0.29) is 6.61 Å². The van der Waals surface area contributed by atoms with Gasteiger partial charge in [0.2, 0.25) is 0 Å². The van der Waals surface area contributed by atoms with Gasteiger partial charge >= 0.3 is 0 Å². The van der Waals surface area contributed by atoms with E-state index in [1.165, 1.54) is 0 Å². The van der Waals surface area contributed by atoms with Crippen molar-refractivity contribution in [3.63, 3.8) is 0 Å². The number of aliphatic hydroxyl groups is 1. The molecule has 0 radical (unpaired) electrons. The number of aliphatic hydroxyl groups excluding tert-OH is 1. The number of benzene rings is 2. The smallest absolute Gasteiger partial charge is 0.161 e. The highest BCUT2D eigenvalue weighted by Gasteiger charge is 2.11. The van der Waals surface area contributed by atoms with E-state index in [4.69, 9.17) is 15.2 Å². The first-order valence-electron chi connectivity index (χ1n) is 6.88. The molecule has 0 aliphatic rings. The second kappa shape index (κ2) is 7.11. The maximum absolute atomic E-state index is 10.2. The molecule has 0 fully saturated rings. The number of methoxy groups -OCH3 is 1. The summed E-state index contributed by atoms with van der Waals surface area (Å²) in [6.45, 7) is 2.65. The number of nitrogens with two attached hydrogens (primary N) is 1. The molecule has 0 aliphatic carbocycles. The molecule has 0 spiro atoms. The van der Waals surface area contributed by atoms with Gasteiger partial charge in [0.15, 0.2) is 11.5 Å². The van der Waals surface area contributed by atoms with Crippen molar-refractivity contribution in [3.05, 3.63) is 59.2 Å². The normalized spacial score (nSPS) is 12.0. The first-order valence-corrected chi connectivity index (χ1v) is 6.88. The van der Waals surface area contributed by atoms with E-state index in [2.05, 4.69) is 0 Å². The van der Waals surface area contributed by atoms with Gasteiger partial charge in [-0.15, -0.1) is 0 Å². The Balaban J connectivity index is 2.01. The third-order valence-corrected chi connectivity index (χ3v) is 3.32. The van der Waals surface area contributed by atoms with Gasteiger partial charge in [0.05, 0.1) is 7.11 Å². The van der Waals surface area contributed by atoms with Crippen LogP contribution < -0.4 is 15.2 Å². The topological polar surface area (TPSA) is 64.7 Å². The standard InChI is InChI=1S/C17H21NO3/c1-12-3-8-16(17(9-12)20-2)21-11-15(19)14-6-4-13(10-18)5-7-14/h3-9,15,19H,10-11,18H2,1-2H3. The van der Waals surface area contributed by atoms with Gasteiger partial charge in [-0.25, -0.2) is 0 Å². The maximum atomic E-state index is 10.2. The van der Waals surface area contributed by atoms with Gasteiger partial charge in [0.25, 0.3) is 0 Å². The largest absolute Gasteiger partial charge is 0.493 e. The van der Waals surface area contributed by atoms with Crippen molar-refractivity contribution in [2.45, 2.75) is 19.6 Å². The van der Waals surface area contributed by atoms with Gasteiger partial charge in [-0.05, 0) is 35.7 Å². The molecule has 2 aromatic rings. The molecule has 0 heterocycles. The average Bonchev–Trinajstić information content (AvgIpc) is 2.53. The van der Waals surface area contributed by atoms with Crippen molar-refractivity contribution >= 4 is 0 Å². The Kier molecular flexibility index (Phi) is 5.20. The number of rotatable bonds is 6. The Bertz CT molecular complexity index is 581. The van der Waals surface area contributed by atoms with Crippen molar-refractivity contribution < 1.29 is 14.6 Å². The molecule has 112 valence electrons. The molecule has 21 heavy (non-hydrogen) atoms. The van der Waals surface area contributed by atoms with Crippen LogP contribution in [-0.4, -0.2) is 18.8 Å². The summed E-state index contributed by atoms with van der Waals surface area (Å²) >= 11 is 0. The highest BCUT2D eigenvalue weighted by Crippen LogP contribution is 2.28. The zero-order valence-corrected chi connectivity index (χ0v) is 12.4. The highest BCUT2D eigenvalue weighted by atomic mass is 16.5. The van der Waals surface area contributed by atoms with Gasteiger partial charge in [-0.1, -0.05) is 30.3 Å². The van der Waals surface area contributed by atoms with E-state index in [9.17, 15) is 5.11 Å². The summed E-state index contributed by atoms with van der Waals surface area (Å²) in [5.41, 5.74) is 8.49. The van der Waals surface area contributed by atoms with Crippen LogP contribution in [0.15, 0.2) is 42.5 Å². The molecule has 2 aromatic carbocycles. The van der Waals surface area contributed by atoms with Crippen molar-refractivity contribution in [1.82, 2.24) is 0 Å². The third kappa shape index (κ3) is 3.97. The zero-order valence-electron chi connectivity index (χ0n) is 12.4. The highest BCUT2D eigenvalue weighted by molar-refractivity contribution is 5.42. The van der Waals surface area contributed by atoms with Crippen LogP contribution in [0, 0.1) is 6.92 Å².